The summed E-state index contributed by atoms with van der Waals surface area (Å²) in [7, 11) is 2.03. The summed E-state index contributed by atoms with van der Waals surface area (Å²) >= 11 is 3.47. The molecule has 0 aliphatic heterocycles. The van der Waals surface area contributed by atoms with Crippen LogP contribution in [0.2, 0.25) is 0 Å². The molecule has 0 aliphatic carbocycles. The van der Waals surface area contributed by atoms with Crippen LogP contribution in [0.15, 0.2) is 59.1 Å². The second-order valence-corrected chi connectivity index (χ2v) is 5.33. The summed E-state index contributed by atoms with van der Waals surface area (Å²) < 4.78 is 1.13. The van der Waals surface area contributed by atoms with E-state index < -0.39 is 0 Å². The first-order chi connectivity index (χ1) is 8.79. The third kappa shape index (κ3) is 3.69. The molecule has 0 bridgehead atoms. The Hall–Kier alpha value is -1.12. The van der Waals surface area contributed by atoms with E-state index in [2.05, 4.69) is 75.8 Å². The van der Waals surface area contributed by atoms with E-state index in [1.54, 1.807) is 0 Å². The summed E-state index contributed by atoms with van der Waals surface area (Å²) in [4.78, 5) is 0. The summed E-state index contributed by atoms with van der Waals surface area (Å²) in [6, 6.07) is 19.6. The molecule has 0 saturated carbocycles. The molecule has 94 valence electrons. The first-order valence-electron chi connectivity index (χ1n) is 6.26. The molecule has 2 heteroatoms. The zero-order valence-corrected chi connectivity index (χ0v) is 12.2. The van der Waals surface area contributed by atoms with Gasteiger partial charge in [-0.2, -0.15) is 0 Å². The standard InChI is InChI=1S/C16H18BrN/c1-18-16(14-8-10-15(17)11-9-14)12-7-13-5-3-2-4-6-13/h2-6,8-11,16,18H,7,12H2,1H3. The summed E-state index contributed by atoms with van der Waals surface area (Å²) in [5, 5.41) is 3.39. The van der Waals surface area contributed by atoms with E-state index in [9.17, 15) is 0 Å². The topological polar surface area (TPSA) is 12.0 Å². The quantitative estimate of drug-likeness (QED) is 0.866. The number of benzene rings is 2. The number of hydrogen-bond donors (Lipinski definition) is 1. The molecule has 0 spiro atoms. The molecule has 1 N–H and O–H groups in total. The van der Waals surface area contributed by atoms with Gasteiger partial charge in [-0.15, -0.1) is 0 Å². The smallest absolute Gasteiger partial charge is 0.0320 e. The average Bonchev–Trinajstić information content (AvgIpc) is 2.42. The van der Waals surface area contributed by atoms with Crippen molar-refractivity contribution in [3.05, 3.63) is 70.2 Å². The van der Waals surface area contributed by atoms with Gasteiger partial charge in [0.1, 0.15) is 0 Å². The second kappa shape index (κ2) is 6.72. The minimum atomic E-state index is 0.415. The summed E-state index contributed by atoms with van der Waals surface area (Å²) in [6.07, 6.45) is 2.21. The van der Waals surface area contributed by atoms with Crippen LogP contribution in [-0.4, -0.2) is 7.05 Å². The first kappa shape index (κ1) is 13.3. The van der Waals surface area contributed by atoms with Crippen LogP contribution in [0.1, 0.15) is 23.6 Å². The number of hydrogen-bond acceptors (Lipinski definition) is 1. The normalized spacial score (nSPS) is 12.3. The maximum absolute atomic E-state index is 3.47. The lowest BCUT2D eigenvalue weighted by Gasteiger charge is -2.16. The van der Waals surface area contributed by atoms with Gasteiger partial charge in [-0.05, 0) is 43.1 Å². The molecular weight excluding hydrogens is 286 g/mol. The molecule has 0 amide bonds. The highest BCUT2D eigenvalue weighted by Gasteiger charge is 2.08. The van der Waals surface area contributed by atoms with Gasteiger partial charge in [-0.3, -0.25) is 0 Å². The minimum Gasteiger partial charge on any atom is -0.313 e. The fourth-order valence-corrected chi connectivity index (χ4v) is 2.39. The Balaban J connectivity index is 1.99. The predicted molar refractivity (Wildman–Crippen MR) is 80.7 cm³/mol. The molecule has 2 aromatic carbocycles. The lowest BCUT2D eigenvalue weighted by atomic mass is 9.99. The molecule has 0 aromatic heterocycles. The monoisotopic (exact) mass is 303 g/mol. The van der Waals surface area contributed by atoms with Crippen LogP contribution in [0, 0.1) is 0 Å². The van der Waals surface area contributed by atoms with Crippen molar-refractivity contribution in [2.45, 2.75) is 18.9 Å². The molecule has 1 nitrogen and oxygen atoms in total. The van der Waals surface area contributed by atoms with Gasteiger partial charge in [0.05, 0.1) is 0 Å². The van der Waals surface area contributed by atoms with E-state index in [4.69, 9.17) is 0 Å². The van der Waals surface area contributed by atoms with Gasteiger partial charge in [0, 0.05) is 10.5 Å². The number of nitrogens with one attached hydrogen (secondary N) is 1. The molecule has 0 saturated heterocycles. The van der Waals surface area contributed by atoms with E-state index >= 15 is 0 Å². The predicted octanol–water partition coefficient (Wildman–Crippen LogP) is 4.34. The Labute approximate surface area is 117 Å². The third-order valence-electron chi connectivity index (χ3n) is 3.19. The lowest BCUT2D eigenvalue weighted by Crippen LogP contribution is -2.17. The van der Waals surface area contributed by atoms with Crippen molar-refractivity contribution in [1.29, 1.82) is 0 Å². The number of rotatable bonds is 5. The highest BCUT2D eigenvalue weighted by Crippen LogP contribution is 2.21. The van der Waals surface area contributed by atoms with E-state index in [0.717, 1.165) is 17.3 Å². The third-order valence-corrected chi connectivity index (χ3v) is 3.71. The average molecular weight is 304 g/mol. The highest BCUT2D eigenvalue weighted by atomic mass is 79.9. The van der Waals surface area contributed by atoms with E-state index in [-0.39, 0.29) is 0 Å². The SMILES string of the molecule is CNC(CCc1ccccc1)c1ccc(Br)cc1. The Morgan fingerprint density at radius 3 is 2.28 bits per heavy atom. The Bertz CT molecular complexity index is 464. The van der Waals surface area contributed by atoms with Gasteiger partial charge in [0.2, 0.25) is 0 Å². The number of aryl methyl sites for hydroxylation is 1. The van der Waals surface area contributed by atoms with Crippen molar-refractivity contribution in [2.75, 3.05) is 7.05 Å². The molecule has 0 aliphatic rings. The molecule has 18 heavy (non-hydrogen) atoms. The number of halogens is 1. The van der Waals surface area contributed by atoms with Crippen LogP contribution in [0.25, 0.3) is 0 Å². The van der Waals surface area contributed by atoms with Crippen LogP contribution >= 0.6 is 15.9 Å². The van der Waals surface area contributed by atoms with Crippen molar-refractivity contribution in [1.82, 2.24) is 5.32 Å². The summed E-state index contributed by atoms with van der Waals surface area (Å²) in [5.74, 6) is 0. The largest absolute Gasteiger partial charge is 0.313 e. The highest BCUT2D eigenvalue weighted by molar-refractivity contribution is 9.10. The molecule has 1 unspecified atom stereocenters. The Morgan fingerprint density at radius 1 is 1.00 bits per heavy atom. The van der Waals surface area contributed by atoms with Gasteiger partial charge in [0.15, 0.2) is 0 Å². The van der Waals surface area contributed by atoms with Crippen LogP contribution in [-0.2, 0) is 6.42 Å². The van der Waals surface area contributed by atoms with Crippen molar-refractivity contribution in [3.63, 3.8) is 0 Å². The molecular formula is C16H18BrN. The molecule has 0 heterocycles. The van der Waals surface area contributed by atoms with Crippen molar-refractivity contribution >= 4 is 15.9 Å². The van der Waals surface area contributed by atoms with Crippen LogP contribution < -0.4 is 5.32 Å². The van der Waals surface area contributed by atoms with Gasteiger partial charge in [-0.25, -0.2) is 0 Å². The van der Waals surface area contributed by atoms with E-state index in [1.807, 2.05) is 7.05 Å². The maximum Gasteiger partial charge on any atom is 0.0320 e. The second-order valence-electron chi connectivity index (χ2n) is 4.42. The van der Waals surface area contributed by atoms with Crippen LogP contribution in [0.4, 0.5) is 0 Å². The van der Waals surface area contributed by atoms with Gasteiger partial charge in [-0.1, -0.05) is 58.4 Å². The van der Waals surface area contributed by atoms with Gasteiger partial charge < -0.3 is 5.32 Å². The van der Waals surface area contributed by atoms with Crippen LogP contribution in [0.5, 0.6) is 0 Å². The van der Waals surface area contributed by atoms with Crippen molar-refractivity contribution in [3.8, 4) is 0 Å². The zero-order chi connectivity index (χ0) is 12.8. The minimum absolute atomic E-state index is 0.415. The summed E-state index contributed by atoms with van der Waals surface area (Å²) in [5.41, 5.74) is 2.74. The fourth-order valence-electron chi connectivity index (χ4n) is 2.13. The Morgan fingerprint density at radius 2 is 1.67 bits per heavy atom. The lowest BCUT2D eigenvalue weighted by molar-refractivity contribution is 0.549. The molecule has 2 rings (SSSR count). The summed E-state index contributed by atoms with van der Waals surface area (Å²) in [6.45, 7) is 0. The molecule has 2 aromatic rings. The molecule has 0 radical (unpaired) electrons. The first-order valence-corrected chi connectivity index (χ1v) is 7.05. The van der Waals surface area contributed by atoms with Crippen molar-refractivity contribution < 1.29 is 0 Å². The molecule has 0 fully saturated rings. The Kier molecular flexibility index (Phi) is 4.97. The zero-order valence-electron chi connectivity index (χ0n) is 10.6. The maximum atomic E-state index is 3.47. The van der Waals surface area contributed by atoms with Gasteiger partial charge >= 0.3 is 0 Å². The van der Waals surface area contributed by atoms with E-state index in [0.29, 0.717) is 6.04 Å². The van der Waals surface area contributed by atoms with Gasteiger partial charge in [0.25, 0.3) is 0 Å². The van der Waals surface area contributed by atoms with Crippen LogP contribution in [0.3, 0.4) is 0 Å². The molecule has 1 atom stereocenters. The fraction of sp³-hybridized carbons (Fsp3) is 0.250. The van der Waals surface area contributed by atoms with Crippen molar-refractivity contribution in [2.24, 2.45) is 0 Å². The van der Waals surface area contributed by atoms with E-state index in [1.165, 1.54) is 11.1 Å².